The second-order valence-electron chi connectivity index (χ2n) is 8.06. The van der Waals surface area contributed by atoms with Crippen LogP contribution >= 0.6 is 0 Å². The molecule has 0 spiro atoms. The lowest BCUT2D eigenvalue weighted by molar-refractivity contribution is 0.0746. The van der Waals surface area contributed by atoms with Crippen LogP contribution in [0.15, 0.2) is 65.3 Å². The molecule has 4 aromatic rings. The number of benzene rings is 2. The summed E-state index contributed by atoms with van der Waals surface area (Å²) in [5.74, 6) is 1.53. The molecule has 2 aromatic heterocycles. The lowest BCUT2D eigenvalue weighted by Crippen LogP contribution is -2.49. The molecule has 0 aliphatic carbocycles. The van der Waals surface area contributed by atoms with Crippen molar-refractivity contribution < 1.29 is 9.32 Å². The maximum absolute atomic E-state index is 13.2. The number of carbonyl (C=O) groups is 1. The van der Waals surface area contributed by atoms with Gasteiger partial charge in [-0.25, -0.2) is 0 Å². The van der Waals surface area contributed by atoms with Gasteiger partial charge in [0, 0.05) is 57.5 Å². The SMILES string of the molecule is CN(C)c1cnnc(N2CCN(C(=O)c3ccc4noc(-c5ccccc5)c4c3)CC2)c1. The number of hydrogen-bond donors (Lipinski definition) is 0. The third kappa shape index (κ3) is 3.75. The van der Waals surface area contributed by atoms with Crippen molar-refractivity contribution in [3.8, 4) is 11.3 Å². The van der Waals surface area contributed by atoms with E-state index in [2.05, 4.69) is 20.3 Å². The fourth-order valence-electron chi connectivity index (χ4n) is 3.94. The molecule has 32 heavy (non-hydrogen) atoms. The third-order valence-electron chi connectivity index (χ3n) is 5.79. The van der Waals surface area contributed by atoms with Gasteiger partial charge in [-0.15, -0.1) is 5.10 Å². The molecule has 3 heterocycles. The van der Waals surface area contributed by atoms with Gasteiger partial charge in [0.05, 0.1) is 17.3 Å². The van der Waals surface area contributed by atoms with Crippen LogP contribution in [0.2, 0.25) is 0 Å². The molecule has 8 heteroatoms. The van der Waals surface area contributed by atoms with Crippen LogP contribution in [0.5, 0.6) is 0 Å². The first-order valence-corrected chi connectivity index (χ1v) is 10.6. The number of hydrogen-bond acceptors (Lipinski definition) is 7. The van der Waals surface area contributed by atoms with Crippen molar-refractivity contribution in [3.63, 3.8) is 0 Å². The van der Waals surface area contributed by atoms with E-state index in [4.69, 9.17) is 4.52 Å². The zero-order chi connectivity index (χ0) is 22.1. The Bertz CT molecular complexity index is 1250. The van der Waals surface area contributed by atoms with Crippen molar-refractivity contribution in [2.75, 3.05) is 50.1 Å². The molecular weight excluding hydrogens is 404 g/mol. The van der Waals surface area contributed by atoms with Gasteiger partial charge >= 0.3 is 0 Å². The molecule has 1 saturated heterocycles. The first-order valence-electron chi connectivity index (χ1n) is 10.6. The van der Waals surface area contributed by atoms with Crippen LogP contribution in [0, 0.1) is 0 Å². The summed E-state index contributed by atoms with van der Waals surface area (Å²) in [5, 5.41) is 13.4. The van der Waals surface area contributed by atoms with E-state index in [1.165, 1.54) is 0 Å². The molecule has 2 aromatic carbocycles. The van der Waals surface area contributed by atoms with Crippen molar-refractivity contribution in [3.05, 3.63) is 66.4 Å². The van der Waals surface area contributed by atoms with E-state index in [0.717, 1.165) is 28.0 Å². The molecule has 0 N–H and O–H groups in total. The molecule has 0 radical (unpaired) electrons. The Hall–Kier alpha value is -3.94. The van der Waals surface area contributed by atoms with Crippen LogP contribution in [-0.4, -0.2) is 66.4 Å². The number of anilines is 2. The summed E-state index contributed by atoms with van der Waals surface area (Å²) >= 11 is 0. The summed E-state index contributed by atoms with van der Waals surface area (Å²) in [7, 11) is 3.96. The normalized spacial score (nSPS) is 14.1. The quantitative estimate of drug-likeness (QED) is 0.493. The fraction of sp³-hybridized carbons (Fsp3) is 0.250. The maximum atomic E-state index is 13.2. The van der Waals surface area contributed by atoms with Gasteiger partial charge in [0.2, 0.25) is 0 Å². The molecule has 0 atom stereocenters. The highest BCUT2D eigenvalue weighted by atomic mass is 16.5. The first kappa shape index (κ1) is 20.0. The van der Waals surface area contributed by atoms with E-state index in [0.29, 0.717) is 37.5 Å². The predicted octanol–water partition coefficient (Wildman–Crippen LogP) is 3.31. The van der Waals surface area contributed by atoms with E-state index in [1.54, 1.807) is 6.20 Å². The summed E-state index contributed by atoms with van der Waals surface area (Å²) in [5.41, 5.74) is 3.32. The van der Waals surface area contributed by atoms with Crippen molar-refractivity contribution in [2.24, 2.45) is 0 Å². The van der Waals surface area contributed by atoms with Crippen molar-refractivity contribution in [1.82, 2.24) is 20.3 Å². The summed E-state index contributed by atoms with van der Waals surface area (Å²) < 4.78 is 5.57. The van der Waals surface area contributed by atoms with Gasteiger partial charge in [-0.1, -0.05) is 35.5 Å². The van der Waals surface area contributed by atoms with Crippen molar-refractivity contribution in [1.29, 1.82) is 0 Å². The topological polar surface area (TPSA) is 78.6 Å². The Balaban J connectivity index is 1.33. The smallest absolute Gasteiger partial charge is 0.254 e. The minimum Gasteiger partial charge on any atom is -0.376 e. The molecule has 162 valence electrons. The van der Waals surface area contributed by atoms with Crippen molar-refractivity contribution >= 4 is 28.3 Å². The van der Waals surface area contributed by atoms with Crippen LogP contribution in [0.4, 0.5) is 11.5 Å². The Morgan fingerprint density at radius 1 is 1.00 bits per heavy atom. The molecule has 0 unspecified atom stereocenters. The minimum absolute atomic E-state index is 0.0138. The average Bonchev–Trinajstić information content (AvgIpc) is 3.27. The van der Waals surface area contributed by atoms with E-state index >= 15 is 0 Å². The van der Waals surface area contributed by atoms with Gasteiger partial charge in [0.1, 0.15) is 5.52 Å². The number of carbonyl (C=O) groups excluding carboxylic acids is 1. The minimum atomic E-state index is 0.0138. The highest BCUT2D eigenvalue weighted by molar-refractivity contribution is 6.01. The molecule has 8 nitrogen and oxygen atoms in total. The molecule has 0 bridgehead atoms. The number of rotatable bonds is 4. The number of aromatic nitrogens is 3. The van der Waals surface area contributed by atoms with Gasteiger partial charge in [-0.2, -0.15) is 5.10 Å². The molecule has 1 amide bonds. The summed E-state index contributed by atoms with van der Waals surface area (Å²) in [6.45, 7) is 2.67. The largest absolute Gasteiger partial charge is 0.376 e. The van der Waals surface area contributed by atoms with Gasteiger partial charge in [-0.05, 0) is 18.2 Å². The van der Waals surface area contributed by atoms with Crippen LogP contribution in [-0.2, 0) is 0 Å². The van der Waals surface area contributed by atoms with Gasteiger partial charge in [0.25, 0.3) is 5.91 Å². The Kier molecular flexibility index (Phi) is 5.18. The molecule has 0 saturated carbocycles. The van der Waals surface area contributed by atoms with Crippen molar-refractivity contribution in [2.45, 2.75) is 0 Å². The highest BCUT2D eigenvalue weighted by Gasteiger charge is 2.24. The van der Waals surface area contributed by atoms with E-state index < -0.39 is 0 Å². The van der Waals surface area contributed by atoms with Crippen LogP contribution < -0.4 is 9.80 Å². The fourth-order valence-corrected chi connectivity index (χ4v) is 3.94. The van der Waals surface area contributed by atoms with Crippen LogP contribution in [0.1, 0.15) is 10.4 Å². The maximum Gasteiger partial charge on any atom is 0.254 e. The van der Waals surface area contributed by atoms with Crippen LogP contribution in [0.25, 0.3) is 22.2 Å². The second-order valence-corrected chi connectivity index (χ2v) is 8.06. The number of nitrogens with zero attached hydrogens (tertiary/aromatic N) is 6. The van der Waals surface area contributed by atoms with Gasteiger partial charge in [0.15, 0.2) is 11.6 Å². The third-order valence-corrected chi connectivity index (χ3v) is 5.79. The van der Waals surface area contributed by atoms with Gasteiger partial charge < -0.3 is 19.2 Å². The molecule has 1 aliphatic rings. The summed E-state index contributed by atoms with van der Waals surface area (Å²) in [6.07, 6.45) is 1.74. The first-order chi connectivity index (χ1) is 15.6. The summed E-state index contributed by atoms with van der Waals surface area (Å²) in [6, 6.07) is 17.4. The average molecular weight is 428 g/mol. The Labute approximate surface area is 186 Å². The molecule has 1 aliphatic heterocycles. The zero-order valence-corrected chi connectivity index (χ0v) is 18.1. The molecule has 1 fully saturated rings. The lowest BCUT2D eigenvalue weighted by Gasteiger charge is -2.35. The predicted molar refractivity (Wildman–Crippen MR) is 124 cm³/mol. The highest BCUT2D eigenvalue weighted by Crippen LogP contribution is 2.29. The van der Waals surface area contributed by atoms with E-state index in [-0.39, 0.29) is 5.91 Å². The number of fused-ring (bicyclic) bond motifs is 1. The van der Waals surface area contributed by atoms with E-state index in [9.17, 15) is 4.79 Å². The molecule has 5 rings (SSSR count). The second kappa shape index (κ2) is 8.30. The number of amides is 1. The number of piperazine rings is 1. The van der Waals surface area contributed by atoms with E-state index in [1.807, 2.05) is 78.5 Å². The molecular formula is C24H24N6O2. The van der Waals surface area contributed by atoms with Gasteiger partial charge in [-0.3, -0.25) is 4.79 Å². The Morgan fingerprint density at radius 2 is 1.78 bits per heavy atom. The Morgan fingerprint density at radius 3 is 2.53 bits per heavy atom. The zero-order valence-electron chi connectivity index (χ0n) is 18.1. The summed E-state index contributed by atoms with van der Waals surface area (Å²) in [4.78, 5) is 19.3. The van der Waals surface area contributed by atoms with Crippen LogP contribution in [0.3, 0.4) is 0 Å². The monoisotopic (exact) mass is 428 g/mol. The lowest BCUT2D eigenvalue weighted by atomic mass is 10.1. The standard InChI is InChI=1S/C24H24N6O2/c1-28(2)19-15-22(26-25-16-19)29-10-12-30(13-11-29)24(31)18-8-9-21-20(14-18)23(32-27-21)17-6-4-3-5-7-17/h3-9,14-16H,10-13H2,1-2H3.